The van der Waals surface area contributed by atoms with Crippen LogP contribution in [0.4, 0.5) is 5.69 Å². The van der Waals surface area contributed by atoms with Gasteiger partial charge in [-0.1, -0.05) is 0 Å². The number of ether oxygens (including phenoxy) is 1. The number of rotatable bonds is 3. The van der Waals surface area contributed by atoms with Crippen molar-refractivity contribution in [3.8, 4) is 0 Å². The van der Waals surface area contributed by atoms with Crippen molar-refractivity contribution in [3.05, 3.63) is 33.4 Å². The normalized spacial score (nSPS) is 11.1. The number of sulfonamides is 1. The predicted octanol–water partition coefficient (Wildman–Crippen LogP) is 0.337. The van der Waals surface area contributed by atoms with Crippen LogP contribution in [0, 0.1) is 17.0 Å². The van der Waals surface area contributed by atoms with Gasteiger partial charge in [0.05, 0.1) is 16.9 Å². The Hall–Kier alpha value is -2.00. The molecule has 0 fully saturated rings. The molecule has 0 radical (unpaired) electrons. The molecule has 1 rings (SSSR count). The van der Waals surface area contributed by atoms with Gasteiger partial charge >= 0.3 is 5.97 Å². The molecule has 0 saturated carbocycles. The van der Waals surface area contributed by atoms with Crippen LogP contribution in [-0.4, -0.2) is 26.4 Å². The van der Waals surface area contributed by atoms with Crippen LogP contribution in [0.1, 0.15) is 15.9 Å². The average molecular weight is 274 g/mol. The van der Waals surface area contributed by atoms with E-state index in [2.05, 4.69) is 4.74 Å². The van der Waals surface area contributed by atoms with Crippen LogP contribution in [0.2, 0.25) is 0 Å². The molecule has 0 spiro atoms. The Morgan fingerprint density at radius 1 is 1.44 bits per heavy atom. The molecule has 9 heteroatoms. The second kappa shape index (κ2) is 4.70. The second-order valence-electron chi connectivity index (χ2n) is 3.43. The van der Waals surface area contributed by atoms with Crippen molar-refractivity contribution in [1.29, 1.82) is 0 Å². The van der Waals surface area contributed by atoms with Gasteiger partial charge in [-0.3, -0.25) is 10.1 Å². The maximum Gasteiger partial charge on any atom is 0.344 e. The van der Waals surface area contributed by atoms with Crippen molar-refractivity contribution < 1.29 is 22.9 Å². The van der Waals surface area contributed by atoms with Crippen molar-refractivity contribution in [3.63, 3.8) is 0 Å². The molecule has 0 aliphatic carbocycles. The Morgan fingerprint density at radius 2 is 2.00 bits per heavy atom. The van der Waals surface area contributed by atoms with Gasteiger partial charge in [0.25, 0.3) is 5.69 Å². The number of carbonyl (C=O) groups excluding carboxylic acids is 1. The third-order valence-electron chi connectivity index (χ3n) is 2.20. The summed E-state index contributed by atoms with van der Waals surface area (Å²) in [7, 11) is -3.04. The van der Waals surface area contributed by atoms with Crippen LogP contribution in [-0.2, 0) is 14.8 Å². The molecule has 0 heterocycles. The Balaban J connectivity index is 3.66. The van der Waals surface area contributed by atoms with Gasteiger partial charge in [0, 0.05) is 6.07 Å². The van der Waals surface area contributed by atoms with Gasteiger partial charge in [0.1, 0.15) is 5.56 Å². The second-order valence-corrected chi connectivity index (χ2v) is 4.96. The van der Waals surface area contributed by atoms with E-state index in [0.29, 0.717) is 0 Å². The number of benzene rings is 1. The van der Waals surface area contributed by atoms with Crippen molar-refractivity contribution in [2.45, 2.75) is 11.8 Å². The lowest BCUT2D eigenvalue weighted by molar-refractivity contribution is -0.385. The number of nitro groups is 1. The standard InChI is InChI=1S/C9H10N2O6S/c1-5-3-7(11(13)14)6(9(12)17-2)4-8(5)18(10,15)16/h3-4H,1-2H3,(H2,10,15,16). The lowest BCUT2D eigenvalue weighted by atomic mass is 10.1. The van der Waals surface area contributed by atoms with Crippen molar-refractivity contribution in [2.75, 3.05) is 7.11 Å². The van der Waals surface area contributed by atoms with Gasteiger partial charge in [0.2, 0.25) is 10.0 Å². The van der Waals surface area contributed by atoms with E-state index in [0.717, 1.165) is 19.2 Å². The molecule has 18 heavy (non-hydrogen) atoms. The van der Waals surface area contributed by atoms with Crippen LogP contribution in [0.3, 0.4) is 0 Å². The SMILES string of the molecule is COC(=O)c1cc(S(N)(=O)=O)c(C)cc1[N+](=O)[O-]. The van der Waals surface area contributed by atoms with Crippen molar-refractivity contribution in [2.24, 2.45) is 5.14 Å². The highest BCUT2D eigenvalue weighted by atomic mass is 32.2. The molecule has 2 N–H and O–H groups in total. The van der Waals surface area contributed by atoms with E-state index in [1.807, 2.05) is 0 Å². The smallest absolute Gasteiger partial charge is 0.344 e. The highest BCUT2D eigenvalue weighted by Gasteiger charge is 2.25. The van der Waals surface area contributed by atoms with E-state index in [-0.39, 0.29) is 10.5 Å². The van der Waals surface area contributed by atoms with Crippen molar-refractivity contribution in [1.82, 2.24) is 0 Å². The number of nitrogens with two attached hydrogens (primary N) is 1. The van der Waals surface area contributed by atoms with Gasteiger partial charge in [-0.05, 0) is 18.6 Å². The number of methoxy groups -OCH3 is 1. The maximum absolute atomic E-state index is 11.4. The van der Waals surface area contributed by atoms with Crippen molar-refractivity contribution >= 4 is 21.7 Å². The first-order valence-corrected chi connectivity index (χ1v) is 6.13. The first-order chi connectivity index (χ1) is 8.18. The number of primary sulfonamides is 1. The summed E-state index contributed by atoms with van der Waals surface area (Å²) >= 11 is 0. The molecular formula is C9H10N2O6S. The number of aryl methyl sites for hydroxylation is 1. The van der Waals surface area contributed by atoms with E-state index < -0.39 is 32.2 Å². The summed E-state index contributed by atoms with van der Waals surface area (Å²) in [5.74, 6) is -1.01. The van der Waals surface area contributed by atoms with Gasteiger partial charge in [-0.25, -0.2) is 18.4 Å². The number of esters is 1. The molecule has 0 saturated heterocycles. The van der Waals surface area contributed by atoms with Gasteiger partial charge < -0.3 is 4.74 Å². The zero-order valence-corrected chi connectivity index (χ0v) is 10.4. The monoisotopic (exact) mass is 274 g/mol. The molecule has 8 nitrogen and oxygen atoms in total. The Labute approximate surface area is 103 Å². The lowest BCUT2D eigenvalue weighted by Gasteiger charge is -2.07. The first-order valence-electron chi connectivity index (χ1n) is 4.58. The molecule has 0 unspecified atom stereocenters. The summed E-state index contributed by atoms with van der Waals surface area (Å²) in [6.07, 6.45) is 0. The summed E-state index contributed by atoms with van der Waals surface area (Å²) in [6.45, 7) is 1.34. The van der Waals surface area contributed by atoms with Crippen LogP contribution in [0.15, 0.2) is 17.0 Å². The Morgan fingerprint density at radius 3 is 2.39 bits per heavy atom. The van der Waals surface area contributed by atoms with E-state index in [1.165, 1.54) is 6.92 Å². The van der Waals surface area contributed by atoms with Crippen LogP contribution < -0.4 is 5.14 Å². The number of nitrogens with zero attached hydrogens (tertiary/aromatic N) is 1. The summed E-state index contributed by atoms with van der Waals surface area (Å²) in [6, 6.07) is 1.81. The zero-order chi connectivity index (χ0) is 14.1. The molecule has 0 aliphatic rings. The summed E-state index contributed by atoms with van der Waals surface area (Å²) in [5, 5.41) is 15.7. The van der Waals surface area contributed by atoms with E-state index >= 15 is 0 Å². The molecule has 0 bridgehead atoms. The molecule has 1 aromatic rings. The maximum atomic E-state index is 11.4. The third kappa shape index (κ3) is 2.63. The van der Waals surface area contributed by atoms with E-state index in [1.54, 1.807) is 0 Å². The minimum absolute atomic E-state index is 0.0804. The average Bonchev–Trinajstić information content (AvgIpc) is 2.25. The zero-order valence-electron chi connectivity index (χ0n) is 9.54. The van der Waals surface area contributed by atoms with E-state index in [4.69, 9.17) is 5.14 Å². The molecule has 0 amide bonds. The van der Waals surface area contributed by atoms with Crippen LogP contribution in [0.25, 0.3) is 0 Å². The molecule has 1 aromatic carbocycles. The number of nitro benzene ring substituents is 1. The van der Waals surface area contributed by atoms with Gasteiger partial charge in [-0.15, -0.1) is 0 Å². The number of hydrogen-bond donors (Lipinski definition) is 1. The largest absolute Gasteiger partial charge is 0.465 e. The molecule has 0 aromatic heterocycles. The minimum atomic E-state index is -4.07. The van der Waals surface area contributed by atoms with Gasteiger partial charge in [-0.2, -0.15) is 0 Å². The van der Waals surface area contributed by atoms with Crippen LogP contribution in [0.5, 0.6) is 0 Å². The molecule has 0 atom stereocenters. The fraction of sp³-hybridized carbons (Fsp3) is 0.222. The third-order valence-corrected chi connectivity index (χ3v) is 3.25. The summed E-state index contributed by atoms with van der Waals surface area (Å²) in [4.78, 5) is 21.0. The summed E-state index contributed by atoms with van der Waals surface area (Å²) < 4.78 is 26.9. The minimum Gasteiger partial charge on any atom is -0.465 e. The number of carbonyl (C=O) groups is 1. The fourth-order valence-electron chi connectivity index (χ4n) is 1.40. The summed E-state index contributed by atoms with van der Waals surface area (Å²) in [5.41, 5.74) is -0.916. The lowest BCUT2D eigenvalue weighted by Crippen LogP contribution is -2.16. The molecule has 98 valence electrons. The van der Waals surface area contributed by atoms with Crippen LogP contribution >= 0.6 is 0 Å². The fourth-order valence-corrected chi connectivity index (χ4v) is 2.19. The topological polar surface area (TPSA) is 130 Å². The molecular weight excluding hydrogens is 264 g/mol. The predicted molar refractivity (Wildman–Crippen MR) is 60.5 cm³/mol. The van der Waals surface area contributed by atoms with E-state index in [9.17, 15) is 23.3 Å². The Kier molecular flexibility index (Phi) is 3.67. The Bertz CT molecular complexity index is 622. The van der Waals surface area contributed by atoms with Gasteiger partial charge in [0.15, 0.2) is 0 Å². The quantitative estimate of drug-likeness (QED) is 0.480. The molecule has 0 aliphatic heterocycles. The highest BCUT2D eigenvalue weighted by Crippen LogP contribution is 2.26. The first kappa shape index (κ1) is 14.1. The number of hydrogen-bond acceptors (Lipinski definition) is 6. The highest BCUT2D eigenvalue weighted by molar-refractivity contribution is 7.89.